The molecule has 0 aliphatic heterocycles. The fourth-order valence-corrected chi connectivity index (χ4v) is 1.58. The summed E-state index contributed by atoms with van der Waals surface area (Å²) in [6.45, 7) is 1.86. The Bertz CT molecular complexity index is 426. The minimum absolute atomic E-state index is 0.570. The zero-order valence-corrected chi connectivity index (χ0v) is 10.7. The molecule has 1 aromatic carbocycles. The Hall–Kier alpha value is -1.73. The molecule has 0 amide bonds. The van der Waals surface area contributed by atoms with Crippen molar-refractivity contribution in [2.75, 3.05) is 21.3 Å². The van der Waals surface area contributed by atoms with Crippen LogP contribution in [0.4, 0.5) is 0 Å². The van der Waals surface area contributed by atoms with Crippen molar-refractivity contribution in [2.45, 2.75) is 18.9 Å². The molecule has 1 unspecified atom stereocenters. The minimum Gasteiger partial charge on any atom is -0.493 e. The van der Waals surface area contributed by atoms with Gasteiger partial charge in [0.05, 0.1) is 20.3 Å². The van der Waals surface area contributed by atoms with Crippen molar-refractivity contribution >= 4 is 0 Å². The Morgan fingerprint density at radius 2 is 1.94 bits per heavy atom. The van der Waals surface area contributed by atoms with Crippen LogP contribution in [0.5, 0.6) is 11.5 Å². The van der Waals surface area contributed by atoms with Gasteiger partial charge in [-0.1, -0.05) is 6.07 Å². The lowest BCUT2D eigenvalue weighted by molar-refractivity contribution is 0.354. The van der Waals surface area contributed by atoms with Crippen LogP contribution in [-0.2, 0) is 6.42 Å². The zero-order valence-electron chi connectivity index (χ0n) is 10.7. The van der Waals surface area contributed by atoms with Crippen LogP contribution < -0.4 is 14.8 Å². The number of nitrogens with zero attached hydrogens (tertiary/aromatic N) is 1. The number of methoxy groups -OCH3 is 2. The maximum Gasteiger partial charge on any atom is 0.160 e. The largest absolute Gasteiger partial charge is 0.493 e. The molecule has 4 heteroatoms. The summed E-state index contributed by atoms with van der Waals surface area (Å²) in [7, 11) is 4.98. The number of likely N-dealkylation sites (N-methyl/N-ethyl adjacent to an activating group) is 1. The fourth-order valence-electron chi connectivity index (χ4n) is 1.58. The molecular weight excluding hydrogens is 216 g/mol. The summed E-state index contributed by atoms with van der Waals surface area (Å²) in [5.74, 6) is 1.38. The molecule has 92 valence electrons. The van der Waals surface area contributed by atoms with Gasteiger partial charge in [-0.25, -0.2) is 0 Å². The van der Waals surface area contributed by atoms with Gasteiger partial charge in [0.2, 0.25) is 0 Å². The summed E-state index contributed by atoms with van der Waals surface area (Å²) in [4.78, 5) is 0. The smallest absolute Gasteiger partial charge is 0.160 e. The standard InChI is InChI=1S/C13H18N2O2/c1-13(9-14,15-2)8-10-5-6-11(16-3)12(7-10)17-4/h5-7,15H,8H2,1-4H3. The molecule has 17 heavy (non-hydrogen) atoms. The highest BCUT2D eigenvalue weighted by molar-refractivity contribution is 5.43. The Morgan fingerprint density at radius 3 is 2.41 bits per heavy atom. The first-order valence-electron chi connectivity index (χ1n) is 5.39. The van der Waals surface area contributed by atoms with Crippen LogP contribution in [0.3, 0.4) is 0 Å². The SMILES string of the molecule is CNC(C)(C#N)Cc1ccc(OC)c(OC)c1. The molecule has 0 spiro atoms. The minimum atomic E-state index is -0.570. The predicted molar refractivity (Wildman–Crippen MR) is 66.3 cm³/mol. The average molecular weight is 234 g/mol. The van der Waals surface area contributed by atoms with E-state index in [2.05, 4.69) is 11.4 Å². The third-order valence-electron chi connectivity index (χ3n) is 2.80. The molecule has 1 atom stereocenters. The molecule has 4 nitrogen and oxygen atoms in total. The van der Waals surface area contributed by atoms with Crippen molar-refractivity contribution in [1.82, 2.24) is 5.32 Å². The normalized spacial score (nSPS) is 13.6. The molecule has 0 radical (unpaired) electrons. The summed E-state index contributed by atoms with van der Waals surface area (Å²) in [6.07, 6.45) is 0.611. The van der Waals surface area contributed by atoms with Crippen LogP contribution in [0.1, 0.15) is 12.5 Å². The van der Waals surface area contributed by atoms with Crippen molar-refractivity contribution in [1.29, 1.82) is 5.26 Å². The molecule has 0 aliphatic rings. The third kappa shape index (κ3) is 3.11. The summed E-state index contributed by atoms with van der Waals surface area (Å²) in [5.41, 5.74) is 0.459. The summed E-state index contributed by atoms with van der Waals surface area (Å²) >= 11 is 0. The maximum absolute atomic E-state index is 9.11. The molecule has 0 aromatic heterocycles. The molecular formula is C13H18N2O2. The first kappa shape index (κ1) is 13.3. The number of ether oxygens (including phenoxy) is 2. The van der Waals surface area contributed by atoms with Gasteiger partial charge in [-0.2, -0.15) is 5.26 Å². The van der Waals surface area contributed by atoms with E-state index >= 15 is 0 Å². The van der Waals surface area contributed by atoms with E-state index in [9.17, 15) is 0 Å². The van der Waals surface area contributed by atoms with Gasteiger partial charge in [0.25, 0.3) is 0 Å². The van der Waals surface area contributed by atoms with Crippen molar-refractivity contribution < 1.29 is 9.47 Å². The van der Waals surface area contributed by atoms with Gasteiger partial charge in [-0.15, -0.1) is 0 Å². The first-order valence-corrected chi connectivity index (χ1v) is 5.39. The number of benzene rings is 1. The van der Waals surface area contributed by atoms with Gasteiger partial charge in [0.15, 0.2) is 11.5 Å². The number of rotatable bonds is 5. The summed E-state index contributed by atoms with van der Waals surface area (Å²) in [5, 5.41) is 12.1. The van der Waals surface area contributed by atoms with E-state index in [1.165, 1.54) is 0 Å². The number of nitriles is 1. The van der Waals surface area contributed by atoms with E-state index in [-0.39, 0.29) is 0 Å². The monoisotopic (exact) mass is 234 g/mol. The van der Waals surface area contributed by atoms with E-state index < -0.39 is 5.54 Å². The van der Waals surface area contributed by atoms with E-state index in [1.54, 1.807) is 21.3 Å². The lowest BCUT2D eigenvalue weighted by Gasteiger charge is -2.21. The van der Waals surface area contributed by atoms with Crippen LogP contribution in [0, 0.1) is 11.3 Å². The molecule has 1 aromatic rings. The second-order valence-electron chi connectivity index (χ2n) is 4.06. The Balaban J connectivity index is 2.98. The van der Waals surface area contributed by atoms with Crippen molar-refractivity contribution in [3.63, 3.8) is 0 Å². The number of hydrogen-bond donors (Lipinski definition) is 1. The third-order valence-corrected chi connectivity index (χ3v) is 2.80. The summed E-state index contributed by atoms with van der Waals surface area (Å²) in [6, 6.07) is 7.94. The van der Waals surface area contributed by atoms with Crippen molar-refractivity contribution in [3.05, 3.63) is 23.8 Å². The quantitative estimate of drug-likeness (QED) is 0.843. The highest BCUT2D eigenvalue weighted by Gasteiger charge is 2.22. The van der Waals surface area contributed by atoms with E-state index in [1.807, 2.05) is 25.1 Å². The second-order valence-corrected chi connectivity index (χ2v) is 4.06. The van der Waals surface area contributed by atoms with E-state index in [4.69, 9.17) is 14.7 Å². The van der Waals surface area contributed by atoms with Crippen LogP contribution in [-0.4, -0.2) is 26.8 Å². The molecule has 0 bridgehead atoms. The summed E-state index contributed by atoms with van der Waals surface area (Å²) < 4.78 is 10.4. The molecule has 1 N–H and O–H groups in total. The number of nitrogens with one attached hydrogen (secondary N) is 1. The van der Waals surface area contributed by atoms with Crippen LogP contribution in [0.25, 0.3) is 0 Å². The molecule has 0 saturated carbocycles. The van der Waals surface area contributed by atoms with Gasteiger partial charge in [0, 0.05) is 6.42 Å². The van der Waals surface area contributed by atoms with Crippen LogP contribution >= 0.6 is 0 Å². The maximum atomic E-state index is 9.11. The van der Waals surface area contributed by atoms with Gasteiger partial charge >= 0.3 is 0 Å². The predicted octanol–water partition coefficient (Wildman–Crippen LogP) is 1.75. The van der Waals surface area contributed by atoms with Crippen LogP contribution in [0.2, 0.25) is 0 Å². The van der Waals surface area contributed by atoms with Gasteiger partial charge in [-0.05, 0) is 31.7 Å². The van der Waals surface area contributed by atoms with Gasteiger partial charge in [0.1, 0.15) is 5.54 Å². The van der Waals surface area contributed by atoms with E-state index in [0.717, 1.165) is 5.56 Å². The Morgan fingerprint density at radius 1 is 1.29 bits per heavy atom. The Labute approximate surface area is 102 Å². The lowest BCUT2D eigenvalue weighted by atomic mass is 9.94. The topological polar surface area (TPSA) is 54.3 Å². The van der Waals surface area contributed by atoms with Crippen molar-refractivity contribution in [3.8, 4) is 17.6 Å². The second kappa shape index (κ2) is 5.55. The van der Waals surface area contributed by atoms with Gasteiger partial charge in [-0.3, -0.25) is 0 Å². The highest BCUT2D eigenvalue weighted by atomic mass is 16.5. The van der Waals surface area contributed by atoms with Gasteiger partial charge < -0.3 is 14.8 Å². The Kier molecular flexibility index (Phi) is 4.36. The van der Waals surface area contributed by atoms with Crippen LogP contribution in [0.15, 0.2) is 18.2 Å². The zero-order chi connectivity index (χ0) is 12.9. The number of hydrogen-bond acceptors (Lipinski definition) is 4. The first-order chi connectivity index (χ1) is 8.08. The van der Waals surface area contributed by atoms with Crippen molar-refractivity contribution in [2.24, 2.45) is 0 Å². The molecule has 0 aliphatic carbocycles. The average Bonchev–Trinajstić information content (AvgIpc) is 2.38. The lowest BCUT2D eigenvalue weighted by Crippen LogP contribution is -2.40. The molecule has 0 saturated heterocycles. The highest BCUT2D eigenvalue weighted by Crippen LogP contribution is 2.28. The molecule has 0 fully saturated rings. The molecule has 0 heterocycles. The van der Waals surface area contributed by atoms with E-state index in [0.29, 0.717) is 17.9 Å². The molecule has 1 rings (SSSR count). The fraction of sp³-hybridized carbons (Fsp3) is 0.462.